The number of nitrogens with two attached hydrogens (primary N) is 2. The molecule has 7 heteroatoms. The van der Waals surface area contributed by atoms with Gasteiger partial charge in [-0.15, -0.1) is 0 Å². The topological polar surface area (TPSA) is 134 Å². The number of carboxylic acid groups (broad SMARTS) is 1. The van der Waals surface area contributed by atoms with Crippen LogP contribution in [0.2, 0.25) is 0 Å². The van der Waals surface area contributed by atoms with Gasteiger partial charge < -0.3 is 26.9 Å². The molecular formula is C15H20N4O3. The van der Waals surface area contributed by atoms with Gasteiger partial charge in [-0.1, -0.05) is 18.2 Å². The van der Waals surface area contributed by atoms with E-state index < -0.39 is 24.0 Å². The van der Waals surface area contributed by atoms with Crippen molar-refractivity contribution in [3.8, 4) is 0 Å². The minimum absolute atomic E-state index is 0.168. The number of hydrogen-bond acceptors (Lipinski definition) is 4. The summed E-state index contributed by atoms with van der Waals surface area (Å²) in [5, 5.41) is 12.4. The molecule has 118 valence electrons. The summed E-state index contributed by atoms with van der Waals surface area (Å²) in [6.07, 6.45) is 2.30. The molecule has 0 saturated heterocycles. The molecule has 0 unspecified atom stereocenters. The van der Waals surface area contributed by atoms with Crippen LogP contribution >= 0.6 is 0 Å². The van der Waals surface area contributed by atoms with E-state index in [1.165, 1.54) is 0 Å². The molecule has 0 spiro atoms. The molecule has 1 aromatic heterocycles. The fourth-order valence-electron chi connectivity index (χ4n) is 2.33. The number of benzene rings is 1. The lowest BCUT2D eigenvalue weighted by molar-refractivity contribution is -0.142. The molecular weight excluding hydrogens is 284 g/mol. The zero-order chi connectivity index (χ0) is 16.1. The number of H-pyrrole nitrogens is 1. The summed E-state index contributed by atoms with van der Waals surface area (Å²) >= 11 is 0. The molecule has 0 aliphatic rings. The van der Waals surface area contributed by atoms with Crippen LogP contribution in [0, 0.1) is 0 Å². The van der Waals surface area contributed by atoms with Crippen molar-refractivity contribution < 1.29 is 14.7 Å². The molecule has 2 rings (SSSR count). The maximum absolute atomic E-state index is 12.0. The second-order valence-corrected chi connectivity index (χ2v) is 5.15. The lowest BCUT2D eigenvalue weighted by atomic mass is 10.0. The van der Waals surface area contributed by atoms with Gasteiger partial charge in [0, 0.05) is 17.1 Å². The number of aromatic nitrogens is 1. The van der Waals surface area contributed by atoms with E-state index in [1.807, 2.05) is 30.5 Å². The molecule has 0 saturated carbocycles. The second kappa shape index (κ2) is 7.06. The first-order valence-corrected chi connectivity index (χ1v) is 7.06. The molecule has 0 aliphatic carbocycles. The second-order valence-electron chi connectivity index (χ2n) is 5.15. The Labute approximate surface area is 127 Å². The number of aromatic amines is 1. The van der Waals surface area contributed by atoms with Crippen LogP contribution in [-0.4, -0.2) is 40.6 Å². The Morgan fingerprint density at radius 1 is 1.32 bits per heavy atom. The van der Waals surface area contributed by atoms with Crippen LogP contribution in [0.15, 0.2) is 30.5 Å². The van der Waals surface area contributed by atoms with Gasteiger partial charge in [0.15, 0.2) is 0 Å². The number of hydrogen-bond donors (Lipinski definition) is 5. The smallest absolute Gasteiger partial charge is 0.326 e. The van der Waals surface area contributed by atoms with Crippen LogP contribution in [0.3, 0.4) is 0 Å². The Balaban J connectivity index is 2.03. The standard InChI is InChI=1S/C15H20N4O3/c16-6-5-13(15(21)22)19-14(20)11(17)7-9-8-18-12-4-2-1-3-10(9)12/h1-4,8,11,13,18H,5-7,16-17H2,(H,19,20)(H,21,22)/t11-,13-/m0/s1. The average Bonchev–Trinajstić information content (AvgIpc) is 2.90. The van der Waals surface area contributed by atoms with Crippen LogP contribution in [0.1, 0.15) is 12.0 Å². The highest BCUT2D eigenvalue weighted by molar-refractivity contribution is 5.88. The zero-order valence-electron chi connectivity index (χ0n) is 12.1. The van der Waals surface area contributed by atoms with E-state index >= 15 is 0 Å². The summed E-state index contributed by atoms with van der Waals surface area (Å²) in [5.41, 5.74) is 13.1. The summed E-state index contributed by atoms with van der Waals surface area (Å²) in [6, 6.07) is 5.88. The summed E-state index contributed by atoms with van der Waals surface area (Å²) in [6.45, 7) is 0.176. The van der Waals surface area contributed by atoms with Crippen LogP contribution in [0.4, 0.5) is 0 Å². The quantitative estimate of drug-likeness (QED) is 0.489. The highest BCUT2D eigenvalue weighted by atomic mass is 16.4. The maximum atomic E-state index is 12.0. The lowest BCUT2D eigenvalue weighted by Crippen LogP contribution is -2.49. The van der Waals surface area contributed by atoms with Crippen LogP contribution in [0.25, 0.3) is 10.9 Å². The summed E-state index contributed by atoms with van der Waals surface area (Å²) in [4.78, 5) is 26.2. The predicted octanol–water partition coefficient (Wildman–Crippen LogP) is -0.0441. The number of carboxylic acids is 1. The number of carbonyl (C=O) groups is 2. The van der Waals surface area contributed by atoms with Gasteiger partial charge in [-0.3, -0.25) is 4.79 Å². The Morgan fingerprint density at radius 3 is 2.73 bits per heavy atom. The molecule has 7 N–H and O–H groups in total. The molecule has 0 aliphatic heterocycles. The first kappa shape index (κ1) is 16.0. The summed E-state index contributed by atoms with van der Waals surface area (Å²) in [7, 11) is 0. The molecule has 0 radical (unpaired) electrons. The van der Waals surface area contributed by atoms with Crippen molar-refractivity contribution in [2.24, 2.45) is 11.5 Å². The third kappa shape index (κ3) is 3.63. The minimum atomic E-state index is -1.11. The van der Waals surface area contributed by atoms with E-state index in [0.29, 0.717) is 6.42 Å². The van der Waals surface area contributed by atoms with E-state index in [4.69, 9.17) is 16.6 Å². The van der Waals surface area contributed by atoms with Gasteiger partial charge in [0.2, 0.25) is 5.91 Å². The van der Waals surface area contributed by atoms with Gasteiger partial charge in [-0.25, -0.2) is 4.79 Å². The third-order valence-corrected chi connectivity index (χ3v) is 3.52. The van der Waals surface area contributed by atoms with Gasteiger partial charge in [-0.2, -0.15) is 0 Å². The maximum Gasteiger partial charge on any atom is 0.326 e. The van der Waals surface area contributed by atoms with Crippen molar-refractivity contribution in [1.29, 1.82) is 0 Å². The van der Waals surface area contributed by atoms with Gasteiger partial charge in [-0.05, 0) is 31.0 Å². The monoisotopic (exact) mass is 304 g/mol. The number of rotatable bonds is 7. The molecule has 1 amide bonds. The zero-order valence-corrected chi connectivity index (χ0v) is 12.1. The fraction of sp³-hybridized carbons (Fsp3) is 0.333. The van der Waals surface area contributed by atoms with Gasteiger partial charge in [0.1, 0.15) is 6.04 Å². The first-order valence-electron chi connectivity index (χ1n) is 7.06. The largest absolute Gasteiger partial charge is 0.480 e. The number of aliphatic carboxylic acids is 1. The van der Waals surface area contributed by atoms with Gasteiger partial charge in [0.25, 0.3) is 0 Å². The number of amides is 1. The molecule has 7 nitrogen and oxygen atoms in total. The minimum Gasteiger partial charge on any atom is -0.480 e. The molecule has 1 heterocycles. The molecule has 2 atom stereocenters. The predicted molar refractivity (Wildman–Crippen MR) is 83.2 cm³/mol. The van der Waals surface area contributed by atoms with Crippen molar-refractivity contribution in [3.05, 3.63) is 36.0 Å². The van der Waals surface area contributed by atoms with E-state index in [-0.39, 0.29) is 13.0 Å². The van der Waals surface area contributed by atoms with E-state index in [1.54, 1.807) is 0 Å². The van der Waals surface area contributed by atoms with E-state index in [0.717, 1.165) is 16.5 Å². The van der Waals surface area contributed by atoms with Crippen molar-refractivity contribution >= 4 is 22.8 Å². The Morgan fingerprint density at radius 2 is 2.05 bits per heavy atom. The normalized spacial score (nSPS) is 13.7. The number of carbonyl (C=O) groups excluding carboxylic acids is 1. The molecule has 0 fully saturated rings. The van der Waals surface area contributed by atoms with Crippen LogP contribution in [0.5, 0.6) is 0 Å². The third-order valence-electron chi connectivity index (χ3n) is 3.52. The average molecular weight is 304 g/mol. The Hall–Kier alpha value is -2.38. The van der Waals surface area contributed by atoms with Gasteiger partial charge >= 0.3 is 5.97 Å². The fourth-order valence-corrected chi connectivity index (χ4v) is 2.33. The van der Waals surface area contributed by atoms with Crippen molar-refractivity contribution in [2.45, 2.75) is 24.9 Å². The van der Waals surface area contributed by atoms with Crippen molar-refractivity contribution in [3.63, 3.8) is 0 Å². The Kier molecular flexibility index (Phi) is 5.13. The number of para-hydroxylation sites is 1. The molecule has 0 bridgehead atoms. The lowest BCUT2D eigenvalue weighted by Gasteiger charge is -2.17. The SMILES string of the molecule is NCC[C@H](NC(=O)[C@@H](N)Cc1c[nH]c2ccccc12)C(=O)O. The molecule has 22 heavy (non-hydrogen) atoms. The highest BCUT2D eigenvalue weighted by Crippen LogP contribution is 2.18. The number of nitrogens with one attached hydrogen (secondary N) is 2. The van der Waals surface area contributed by atoms with Crippen molar-refractivity contribution in [2.75, 3.05) is 6.54 Å². The number of fused-ring (bicyclic) bond motifs is 1. The summed E-state index contributed by atoms with van der Waals surface area (Å²) in [5.74, 6) is -1.61. The Bertz CT molecular complexity index is 668. The van der Waals surface area contributed by atoms with E-state index in [9.17, 15) is 9.59 Å². The molecule has 2 aromatic rings. The molecule has 1 aromatic carbocycles. The summed E-state index contributed by atoms with van der Waals surface area (Å²) < 4.78 is 0. The van der Waals surface area contributed by atoms with E-state index in [2.05, 4.69) is 10.3 Å². The van der Waals surface area contributed by atoms with Gasteiger partial charge in [0.05, 0.1) is 6.04 Å². The van der Waals surface area contributed by atoms with Crippen LogP contribution in [-0.2, 0) is 16.0 Å². The highest BCUT2D eigenvalue weighted by Gasteiger charge is 2.23. The first-order chi connectivity index (χ1) is 10.5. The van der Waals surface area contributed by atoms with Crippen molar-refractivity contribution in [1.82, 2.24) is 10.3 Å². The van der Waals surface area contributed by atoms with Crippen LogP contribution < -0.4 is 16.8 Å².